The number of nitrogens with one attached hydrogen (secondary N) is 1. The van der Waals surface area contributed by atoms with Crippen molar-refractivity contribution in [1.82, 2.24) is 34.7 Å². The van der Waals surface area contributed by atoms with Crippen LogP contribution in [0.1, 0.15) is 37.1 Å². The van der Waals surface area contributed by atoms with E-state index in [1.807, 2.05) is 6.92 Å². The molecule has 1 aliphatic carbocycles. The number of carbonyl (C=O) groups excluding carboxylic acids is 1. The summed E-state index contributed by atoms with van der Waals surface area (Å²) in [5.74, 6) is 1.61. The molecule has 198 valence electrons. The summed E-state index contributed by atoms with van der Waals surface area (Å²) in [4.78, 5) is 24.0. The fraction of sp³-hybridized carbons (Fsp3) is 0.423. The van der Waals surface area contributed by atoms with Gasteiger partial charge >= 0.3 is 6.18 Å². The zero-order valence-corrected chi connectivity index (χ0v) is 21.0. The van der Waals surface area contributed by atoms with E-state index >= 15 is 0 Å². The van der Waals surface area contributed by atoms with Crippen molar-refractivity contribution in [3.63, 3.8) is 0 Å². The second kappa shape index (κ2) is 9.10. The Labute approximate surface area is 216 Å². The first-order chi connectivity index (χ1) is 18.2. The van der Waals surface area contributed by atoms with Crippen LogP contribution in [-0.4, -0.2) is 54.4 Å². The van der Waals surface area contributed by atoms with Gasteiger partial charge in [-0.15, -0.1) is 0 Å². The molecule has 0 radical (unpaired) electrons. The quantitative estimate of drug-likeness (QED) is 0.424. The van der Waals surface area contributed by atoms with Crippen LogP contribution in [-0.2, 0) is 18.0 Å². The van der Waals surface area contributed by atoms with E-state index in [4.69, 9.17) is 4.98 Å². The summed E-state index contributed by atoms with van der Waals surface area (Å²) >= 11 is 0. The van der Waals surface area contributed by atoms with Crippen LogP contribution >= 0.6 is 0 Å². The molecule has 2 aliphatic rings. The molecule has 38 heavy (non-hydrogen) atoms. The minimum Gasteiger partial charge on any atom is -0.353 e. The molecule has 1 saturated heterocycles. The van der Waals surface area contributed by atoms with Gasteiger partial charge in [0.15, 0.2) is 5.82 Å². The SMILES string of the molecule is Cc1nc(-c2cnn(C)c2-c2ccc(C(F)(F)F)cc2)c2c(N3CC[C@H](NC(=O)C4CCC4)C3)ncnn12. The van der Waals surface area contributed by atoms with Crippen LogP contribution in [0, 0.1) is 12.8 Å². The maximum absolute atomic E-state index is 13.1. The number of hydrogen-bond acceptors (Lipinski definition) is 6. The zero-order valence-electron chi connectivity index (χ0n) is 21.0. The van der Waals surface area contributed by atoms with Gasteiger partial charge in [-0.05, 0) is 38.3 Å². The number of nitrogens with zero attached hydrogens (tertiary/aromatic N) is 7. The third kappa shape index (κ3) is 4.17. The summed E-state index contributed by atoms with van der Waals surface area (Å²) < 4.78 is 42.8. The first kappa shape index (κ1) is 24.4. The van der Waals surface area contributed by atoms with Crippen LogP contribution in [0.25, 0.3) is 28.0 Å². The van der Waals surface area contributed by atoms with Crippen LogP contribution in [0.15, 0.2) is 36.8 Å². The molecule has 4 aromatic rings. The van der Waals surface area contributed by atoms with Crippen LogP contribution in [0.4, 0.5) is 19.0 Å². The van der Waals surface area contributed by atoms with Gasteiger partial charge in [0.05, 0.1) is 17.5 Å². The Morgan fingerprint density at radius 3 is 2.55 bits per heavy atom. The molecule has 3 aromatic heterocycles. The fourth-order valence-electron chi connectivity index (χ4n) is 5.31. The molecule has 12 heteroatoms. The van der Waals surface area contributed by atoms with Crippen molar-refractivity contribution in [3.05, 3.63) is 48.2 Å². The number of hydrogen-bond donors (Lipinski definition) is 1. The van der Waals surface area contributed by atoms with Gasteiger partial charge in [-0.3, -0.25) is 9.48 Å². The molecule has 1 saturated carbocycles. The Kier molecular flexibility index (Phi) is 5.84. The first-order valence-corrected chi connectivity index (χ1v) is 12.7. The predicted octanol–water partition coefficient (Wildman–Crippen LogP) is 4.01. The van der Waals surface area contributed by atoms with Crippen molar-refractivity contribution in [1.29, 1.82) is 0 Å². The van der Waals surface area contributed by atoms with Crippen molar-refractivity contribution in [2.24, 2.45) is 13.0 Å². The van der Waals surface area contributed by atoms with Crippen molar-refractivity contribution < 1.29 is 18.0 Å². The highest BCUT2D eigenvalue weighted by atomic mass is 19.4. The third-order valence-corrected chi connectivity index (χ3v) is 7.56. The molecule has 0 spiro atoms. The highest BCUT2D eigenvalue weighted by Crippen LogP contribution is 2.38. The number of halogens is 3. The second-order valence-electron chi connectivity index (χ2n) is 10.0. The van der Waals surface area contributed by atoms with E-state index in [0.29, 0.717) is 52.8 Å². The number of aromatic nitrogens is 6. The van der Waals surface area contributed by atoms with E-state index < -0.39 is 11.7 Å². The number of fused-ring (bicyclic) bond motifs is 1. The number of carbonyl (C=O) groups is 1. The number of amides is 1. The van der Waals surface area contributed by atoms with Gasteiger partial charge in [-0.2, -0.15) is 23.4 Å². The lowest BCUT2D eigenvalue weighted by molar-refractivity contribution is -0.137. The number of imidazole rings is 1. The summed E-state index contributed by atoms with van der Waals surface area (Å²) in [7, 11) is 1.74. The van der Waals surface area contributed by atoms with Crippen molar-refractivity contribution in [3.8, 4) is 22.5 Å². The Morgan fingerprint density at radius 2 is 1.87 bits per heavy atom. The van der Waals surface area contributed by atoms with Crippen LogP contribution in [0.2, 0.25) is 0 Å². The fourth-order valence-corrected chi connectivity index (χ4v) is 5.31. The molecule has 1 amide bonds. The molecule has 1 aliphatic heterocycles. The maximum Gasteiger partial charge on any atom is 0.416 e. The normalized spacial score (nSPS) is 18.2. The van der Waals surface area contributed by atoms with Gasteiger partial charge in [0.1, 0.15) is 23.4 Å². The van der Waals surface area contributed by atoms with Gasteiger partial charge in [-0.25, -0.2) is 14.5 Å². The van der Waals surface area contributed by atoms with Gasteiger partial charge in [-0.1, -0.05) is 18.6 Å². The minimum absolute atomic E-state index is 0.0340. The molecule has 6 rings (SSSR count). The summed E-state index contributed by atoms with van der Waals surface area (Å²) in [6.07, 6.45) is 2.57. The Morgan fingerprint density at radius 1 is 1.11 bits per heavy atom. The number of rotatable bonds is 5. The molecule has 0 unspecified atom stereocenters. The van der Waals surface area contributed by atoms with E-state index in [9.17, 15) is 18.0 Å². The Balaban J connectivity index is 1.37. The maximum atomic E-state index is 13.1. The Hall–Kier alpha value is -3.96. The predicted molar refractivity (Wildman–Crippen MR) is 134 cm³/mol. The van der Waals surface area contributed by atoms with E-state index in [-0.39, 0.29) is 17.9 Å². The first-order valence-electron chi connectivity index (χ1n) is 12.7. The average Bonchev–Trinajstić information content (AvgIpc) is 3.55. The van der Waals surface area contributed by atoms with Crippen molar-refractivity contribution >= 4 is 17.2 Å². The van der Waals surface area contributed by atoms with Crippen molar-refractivity contribution in [2.45, 2.75) is 44.8 Å². The van der Waals surface area contributed by atoms with Gasteiger partial charge in [0, 0.05) is 43.2 Å². The van der Waals surface area contributed by atoms with Crippen LogP contribution < -0.4 is 10.2 Å². The van der Waals surface area contributed by atoms with E-state index in [2.05, 4.69) is 25.4 Å². The monoisotopic (exact) mass is 524 g/mol. The molecule has 2 fully saturated rings. The topological polar surface area (TPSA) is 93.2 Å². The number of aryl methyl sites for hydroxylation is 2. The highest BCUT2D eigenvalue weighted by Gasteiger charge is 2.33. The van der Waals surface area contributed by atoms with Crippen molar-refractivity contribution in [2.75, 3.05) is 18.0 Å². The highest BCUT2D eigenvalue weighted by molar-refractivity contribution is 5.92. The average molecular weight is 525 g/mol. The van der Waals surface area contributed by atoms with Crippen LogP contribution in [0.3, 0.4) is 0 Å². The summed E-state index contributed by atoms with van der Waals surface area (Å²) in [6, 6.07) is 5.06. The summed E-state index contributed by atoms with van der Waals surface area (Å²) in [5, 5.41) is 12.0. The van der Waals surface area contributed by atoms with Gasteiger partial charge < -0.3 is 10.2 Å². The molecule has 9 nitrogen and oxygen atoms in total. The summed E-state index contributed by atoms with van der Waals surface area (Å²) in [5.41, 5.74) is 2.48. The molecule has 1 atom stereocenters. The summed E-state index contributed by atoms with van der Waals surface area (Å²) in [6.45, 7) is 3.17. The molecule has 4 heterocycles. The Bertz CT molecular complexity index is 1500. The molecule has 0 bridgehead atoms. The largest absolute Gasteiger partial charge is 0.416 e. The second-order valence-corrected chi connectivity index (χ2v) is 10.0. The number of anilines is 1. The van der Waals surface area contributed by atoms with E-state index in [1.54, 1.807) is 22.4 Å². The molecular formula is C26H27F3N8O. The zero-order chi connectivity index (χ0) is 26.6. The molecule has 1 N–H and O–H groups in total. The third-order valence-electron chi connectivity index (χ3n) is 7.56. The molecule has 1 aromatic carbocycles. The lowest BCUT2D eigenvalue weighted by Gasteiger charge is -2.26. The molecular weight excluding hydrogens is 497 g/mol. The van der Waals surface area contributed by atoms with Crippen LogP contribution in [0.5, 0.6) is 0 Å². The smallest absolute Gasteiger partial charge is 0.353 e. The lowest BCUT2D eigenvalue weighted by atomic mass is 9.84. The number of benzene rings is 1. The van der Waals surface area contributed by atoms with E-state index in [1.165, 1.54) is 18.5 Å². The van der Waals surface area contributed by atoms with E-state index in [0.717, 1.165) is 37.8 Å². The lowest BCUT2D eigenvalue weighted by Crippen LogP contribution is -2.42. The van der Waals surface area contributed by atoms with Gasteiger partial charge in [0.2, 0.25) is 5.91 Å². The standard InChI is InChI=1S/C26H27F3N8O/c1-15-33-21(20-12-31-35(2)22(20)16-6-8-18(9-7-16)26(27,28)29)23-24(30-14-32-37(15)23)36-11-10-19(13-36)34-25(38)17-4-3-5-17/h6-9,12,14,17,19H,3-5,10-11,13H2,1-2H3,(H,34,38)/t19-/m0/s1. The van der Waals surface area contributed by atoms with Gasteiger partial charge in [0.25, 0.3) is 0 Å². The minimum atomic E-state index is -4.41. The number of alkyl halides is 3.